The van der Waals surface area contributed by atoms with Crippen LogP contribution in [0.2, 0.25) is 0 Å². The van der Waals surface area contributed by atoms with Gasteiger partial charge in [0, 0.05) is 11.8 Å². The van der Waals surface area contributed by atoms with Crippen molar-refractivity contribution in [3.8, 4) is 11.5 Å². The summed E-state index contributed by atoms with van der Waals surface area (Å²) in [6, 6.07) is 8.28. The van der Waals surface area contributed by atoms with Gasteiger partial charge in [0.2, 0.25) is 5.91 Å². The number of sulfone groups is 1. The molecule has 0 spiro atoms. The number of anilines is 2. The number of ether oxygens (including phenoxy) is 2. The summed E-state index contributed by atoms with van der Waals surface area (Å²) < 4.78 is 64.2. The van der Waals surface area contributed by atoms with Gasteiger partial charge < -0.3 is 20.1 Å². The Hall–Kier alpha value is -3.12. The molecule has 0 unspecified atom stereocenters. The zero-order valence-electron chi connectivity index (χ0n) is 15.7. The fraction of sp³-hybridized carbons (Fsp3) is 0.222. The van der Waals surface area contributed by atoms with E-state index >= 15 is 0 Å². The SMILES string of the molecule is C[C@@H](C(=O)Nc1ccc2c(c1)OCCO2)S(=O)(=O)c1ccc2c(c1)S(=O)(=O)N=CN2. The molecule has 2 N–H and O–H groups in total. The van der Waals surface area contributed by atoms with Crippen LogP contribution in [-0.2, 0) is 24.7 Å². The second kappa shape index (κ2) is 7.29. The van der Waals surface area contributed by atoms with Crippen LogP contribution in [0.5, 0.6) is 11.5 Å². The average Bonchev–Trinajstić information content (AvgIpc) is 2.72. The van der Waals surface area contributed by atoms with Crippen LogP contribution in [0.4, 0.5) is 11.4 Å². The lowest BCUT2D eigenvalue weighted by Crippen LogP contribution is -2.32. The van der Waals surface area contributed by atoms with Crippen LogP contribution in [0.1, 0.15) is 6.92 Å². The molecule has 1 amide bonds. The number of rotatable bonds is 4. The second-order valence-electron chi connectivity index (χ2n) is 6.55. The highest BCUT2D eigenvalue weighted by atomic mass is 32.2. The Morgan fingerprint density at radius 3 is 2.63 bits per heavy atom. The summed E-state index contributed by atoms with van der Waals surface area (Å²) in [5.41, 5.74) is 0.551. The summed E-state index contributed by atoms with van der Waals surface area (Å²) in [6.07, 6.45) is 1.01. The number of sulfonamides is 1. The summed E-state index contributed by atoms with van der Waals surface area (Å²) in [4.78, 5) is 12.0. The second-order valence-corrected chi connectivity index (χ2v) is 10.4. The van der Waals surface area contributed by atoms with Gasteiger partial charge in [0.1, 0.15) is 29.7 Å². The van der Waals surface area contributed by atoms with Crippen molar-refractivity contribution in [1.82, 2.24) is 0 Å². The highest BCUT2D eigenvalue weighted by molar-refractivity contribution is 7.93. The summed E-state index contributed by atoms with van der Waals surface area (Å²) in [5.74, 6) is 0.206. The van der Waals surface area contributed by atoms with Gasteiger partial charge in [-0.25, -0.2) is 8.42 Å². The van der Waals surface area contributed by atoms with Crippen LogP contribution in [0, 0.1) is 0 Å². The number of carbonyl (C=O) groups is 1. The topological polar surface area (TPSA) is 140 Å². The normalized spacial score (nSPS) is 17.4. The highest BCUT2D eigenvalue weighted by Gasteiger charge is 2.32. The van der Waals surface area contributed by atoms with E-state index in [1.54, 1.807) is 18.2 Å². The Morgan fingerprint density at radius 1 is 1.13 bits per heavy atom. The third kappa shape index (κ3) is 3.59. The van der Waals surface area contributed by atoms with Crippen molar-refractivity contribution in [2.75, 3.05) is 23.8 Å². The predicted octanol–water partition coefficient (Wildman–Crippen LogP) is 1.40. The minimum Gasteiger partial charge on any atom is -0.486 e. The number of amides is 1. The Kier molecular flexibility index (Phi) is 4.90. The van der Waals surface area contributed by atoms with Gasteiger partial charge in [0.15, 0.2) is 21.3 Å². The van der Waals surface area contributed by atoms with Gasteiger partial charge in [-0.3, -0.25) is 4.79 Å². The van der Waals surface area contributed by atoms with Crippen LogP contribution >= 0.6 is 0 Å². The number of nitrogens with zero attached hydrogens (tertiary/aromatic N) is 1. The maximum Gasteiger partial charge on any atom is 0.285 e. The molecule has 1 atom stereocenters. The first-order chi connectivity index (χ1) is 14.2. The third-order valence-corrected chi connectivity index (χ3v) is 7.95. The van der Waals surface area contributed by atoms with Crippen molar-refractivity contribution in [3.63, 3.8) is 0 Å². The summed E-state index contributed by atoms with van der Waals surface area (Å²) in [6.45, 7) is 2.02. The van der Waals surface area contributed by atoms with Gasteiger partial charge in [-0.15, -0.1) is 4.40 Å². The Labute approximate surface area is 172 Å². The van der Waals surface area contributed by atoms with Crippen LogP contribution in [0.3, 0.4) is 0 Å². The number of hydrogen-bond acceptors (Lipinski definition) is 8. The fourth-order valence-electron chi connectivity index (χ4n) is 2.94. The zero-order chi connectivity index (χ0) is 21.5. The molecular weight excluding hydrogens is 434 g/mol. The van der Waals surface area contributed by atoms with Gasteiger partial charge in [0.25, 0.3) is 10.0 Å². The molecular formula is C18H17N3O7S2. The first-order valence-corrected chi connectivity index (χ1v) is 11.8. The van der Waals surface area contributed by atoms with E-state index in [0.29, 0.717) is 30.4 Å². The third-order valence-electron chi connectivity index (χ3n) is 4.62. The van der Waals surface area contributed by atoms with E-state index < -0.39 is 31.0 Å². The van der Waals surface area contributed by atoms with Gasteiger partial charge >= 0.3 is 0 Å². The molecule has 0 aliphatic carbocycles. The Balaban J connectivity index is 1.58. The lowest BCUT2D eigenvalue weighted by molar-refractivity contribution is -0.115. The van der Waals surface area contributed by atoms with Gasteiger partial charge in [-0.1, -0.05) is 0 Å². The van der Waals surface area contributed by atoms with Crippen LogP contribution in [0.15, 0.2) is 50.6 Å². The predicted molar refractivity (Wildman–Crippen MR) is 108 cm³/mol. The number of benzene rings is 2. The lowest BCUT2D eigenvalue weighted by Gasteiger charge is -2.20. The average molecular weight is 451 g/mol. The number of carbonyl (C=O) groups excluding carboxylic acids is 1. The molecule has 0 bridgehead atoms. The molecule has 158 valence electrons. The fourth-order valence-corrected chi connectivity index (χ4v) is 5.29. The standard InChI is InChI=1S/C18H17N3O7S2/c1-11(18(22)21-12-2-5-15-16(8-12)28-7-6-27-15)29(23,24)13-3-4-14-17(9-13)30(25,26)20-10-19-14/h2-5,8-11H,6-7H2,1H3,(H,19,20)(H,21,22)/t11-/m0/s1. The number of hydrogen-bond donors (Lipinski definition) is 2. The quantitative estimate of drug-likeness (QED) is 0.711. The Bertz CT molecular complexity index is 1270. The smallest absolute Gasteiger partial charge is 0.285 e. The summed E-state index contributed by atoms with van der Waals surface area (Å²) in [5, 5.41) is 3.70. The molecule has 4 rings (SSSR count). The zero-order valence-corrected chi connectivity index (χ0v) is 17.3. The van der Waals surface area contributed by atoms with Crippen LogP contribution in [0.25, 0.3) is 0 Å². The first kappa shape index (κ1) is 20.2. The molecule has 0 aromatic heterocycles. The molecule has 30 heavy (non-hydrogen) atoms. The van der Waals surface area contributed by atoms with Crippen molar-refractivity contribution in [3.05, 3.63) is 36.4 Å². The summed E-state index contributed by atoms with van der Waals surface area (Å²) in [7, 11) is -8.18. The van der Waals surface area contributed by atoms with Gasteiger partial charge in [-0.2, -0.15) is 8.42 Å². The minimum absolute atomic E-state index is 0.206. The molecule has 10 nitrogen and oxygen atoms in total. The molecule has 0 saturated carbocycles. The molecule has 2 aromatic rings. The van der Waals surface area contributed by atoms with Crippen molar-refractivity contribution in [2.24, 2.45) is 4.40 Å². The first-order valence-electron chi connectivity index (χ1n) is 8.82. The van der Waals surface area contributed by atoms with Crippen molar-refractivity contribution < 1.29 is 31.1 Å². The van der Waals surface area contributed by atoms with E-state index in [1.165, 1.54) is 19.1 Å². The largest absolute Gasteiger partial charge is 0.486 e. The summed E-state index contributed by atoms with van der Waals surface area (Å²) >= 11 is 0. The van der Waals surface area contributed by atoms with Gasteiger partial charge in [-0.05, 0) is 37.3 Å². The molecule has 0 fully saturated rings. The maximum absolute atomic E-state index is 12.9. The van der Waals surface area contributed by atoms with Crippen molar-refractivity contribution in [1.29, 1.82) is 0 Å². The molecule has 2 heterocycles. The minimum atomic E-state index is -4.17. The monoisotopic (exact) mass is 451 g/mol. The van der Waals surface area contributed by atoms with Crippen LogP contribution < -0.4 is 20.1 Å². The van der Waals surface area contributed by atoms with E-state index in [0.717, 1.165) is 12.4 Å². The van der Waals surface area contributed by atoms with E-state index in [9.17, 15) is 21.6 Å². The van der Waals surface area contributed by atoms with E-state index in [4.69, 9.17) is 9.47 Å². The molecule has 2 aromatic carbocycles. The molecule has 2 aliphatic heterocycles. The number of nitrogens with one attached hydrogen (secondary N) is 2. The molecule has 0 radical (unpaired) electrons. The lowest BCUT2D eigenvalue weighted by atomic mass is 10.2. The van der Waals surface area contributed by atoms with E-state index in [-0.39, 0.29) is 15.5 Å². The van der Waals surface area contributed by atoms with Crippen molar-refractivity contribution in [2.45, 2.75) is 22.0 Å². The van der Waals surface area contributed by atoms with Crippen molar-refractivity contribution >= 4 is 43.5 Å². The highest BCUT2D eigenvalue weighted by Crippen LogP contribution is 2.33. The van der Waals surface area contributed by atoms with E-state index in [1.807, 2.05) is 0 Å². The molecule has 12 heteroatoms. The Morgan fingerprint density at radius 2 is 1.87 bits per heavy atom. The van der Waals surface area contributed by atoms with Gasteiger partial charge in [0.05, 0.1) is 10.6 Å². The van der Waals surface area contributed by atoms with Crippen LogP contribution in [-0.4, -0.2) is 47.5 Å². The molecule has 2 aliphatic rings. The number of fused-ring (bicyclic) bond motifs is 2. The van der Waals surface area contributed by atoms with E-state index in [2.05, 4.69) is 15.0 Å². The molecule has 0 saturated heterocycles. The maximum atomic E-state index is 12.9.